The van der Waals surface area contributed by atoms with E-state index in [-0.39, 0.29) is 0 Å². The molecule has 10 aromatic carbocycles. The Morgan fingerprint density at radius 1 is 0.328 bits per heavy atom. The van der Waals surface area contributed by atoms with E-state index in [1.807, 2.05) is 0 Å². The van der Waals surface area contributed by atoms with E-state index in [4.69, 9.17) is 4.42 Å². The zero-order chi connectivity index (χ0) is 40.3. The fraction of sp³-hybridized carbons (Fsp3) is 0. The fourth-order valence-electron chi connectivity index (χ4n) is 9.38. The number of para-hydroxylation sites is 2. The first kappa shape index (κ1) is 34.9. The molecule has 0 spiro atoms. The zero-order valence-corrected chi connectivity index (χ0v) is 33.2. The molecule has 0 aliphatic rings. The normalized spacial score (nSPS) is 11.6. The van der Waals surface area contributed by atoms with Gasteiger partial charge < -0.3 is 13.9 Å². The molecule has 0 atom stereocenters. The number of anilines is 3. The highest BCUT2D eigenvalue weighted by Crippen LogP contribution is 2.47. The number of aromatic nitrogens is 1. The highest BCUT2D eigenvalue weighted by molar-refractivity contribution is 6.26. The Hall–Kier alpha value is -8.14. The topological polar surface area (TPSA) is 21.3 Å². The van der Waals surface area contributed by atoms with Crippen molar-refractivity contribution in [2.45, 2.75) is 0 Å². The molecule has 61 heavy (non-hydrogen) atoms. The summed E-state index contributed by atoms with van der Waals surface area (Å²) in [6.45, 7) is 0. The molecule has 0 saturated carbocycles. The quantitative estimate of drug-likeness (QED) is 0.161. The van der Waals surface area contributed by atoms with E-state index in [0.717, 1.165) is 61.2 Å². The smallest absolute Gasteiger partial charge is 0.137 e. The van der Waals surface area contributed by atoms with E-state index < -0.39 is 0 Å². The van der Waals surface area contributed by atoms with E-state index >= 15 is 0 Å². The minimum atomic E-state index is 0.850. The van der Waals surface area contributed by atoms with E-state index in [2.05, 4.69) is 240 Å². The van der Waals surface area contributed by atoms with E-state index in [1.165, 1.54) is 49.4 Å². The maximum absolute atomic E-state index is 6.93. The van der Waals surface area contributed by atoms with Gasteiger partial charge in [-0.2, -0.15) is 0 Å². The summed E-state index contributed by atoms with van der Waals surface area (Å²) in [5, 5.41) is 6.99. The van der Waals surface area contributed by atoms with Crippen molar-refractivity contribution in [3.8, 4) is 39.1 Å². The summed E-state index contributed by atoms with van der Waals surface area (Å²) in [6.07, 6.45) is 0. The summed E-state index contributed by atoms with van der Waals surface area (Å²) in [7, 11) is 0. The van der Waals surface area contributed by atoms with Crippen molar-refractivity contribution >= 4 is 71.6 Å². The minimum absolute atomic E-state index is 0.850. The molecule has 2 aromatic heterocycles. The monoisotopic (exact) mass is 778 g/mol. The second-order valence-corrected chi connectivity index (χ2v) is 15.7. The molecule has 0 bridgehead atoms. The largest absolute Gasteiger partial charge is 0.456 e. The third-order valence-electron chi connectivity index (χ3n) is 12.2. The highest BCUT2D eigenvalue weighted by atomic mass is 16.3. The standard InChI is InChI=1S/C58H38N2O/c1-4-15-39(16-5-1)41-27-32-45(33-28-41)59(46-34-29-42(30-35-46)40-17-6-2-7-18-40)54-25-14-26-55-58(54)57-49-23-11-10-21-47(49)50(38-56(57)61-55)43-31-36-53-51(37-43)48-22-12-13-24-52(48)60(53)44-19-8-3-9-20-44/h1-38H. The molecule has 2 heterocycles. The van der Waals surface area contributed by atoms with Crippen LogP contribution in [0.2, 0.25) is 0 Å². The first-order chi connectivity index (χ1) is 30.3. The van der Waals surface area contributed by atoms with Crippen LogP contribution < -0.4 is 4.90 Å². The van der Waals surface area contributed by atoms with Crippen molar-refractivity contribution in [3.63, 3.8) is 0 Å². The van der Waals surface area contributed by atoms with Crippen molar-refractivity contribution in [3.05, 3.63) is 231 Å². The number of rotatable bonds is 7. The van der Waals surface area contributed by atoms with Crippen LogP contribution in [0.5, 0.6) is 0 Å². The molecule has 286 valence electrons. The lowest BCUT2D eigenvalue weighted by molar-refractivity contribution is 0.669. The molecule has 12 aromatic rings. The van der Waals surface area contributed by atoms with Crippen LogP contribution in [0.1, 0.15) is 0 Å². The van der Waals surface area contributed by atoms with Crippen LogP contribution in [0.3, 0.4) is 0 Å². The molecule has 12 rings (SSSR count). The summed E-state index contributed by atoms with van der Waals surface area (Å²) >= 11 is 0. The number of fused-ring (bicyclic) bond motifs is 8. The number of nitrogens with zero attached hydrogens (tertiary/aromatic N) is 2. The Labute approximate surface area is 353 Å². The molecule has 0 fully saturated rings. The van der Waals surface area contributed by atoms with Gasteiger partial charge in [0.1, 0.15) is 11.2 Å². The van der Waals surface area contributed by atoms with Gasteiger partial charge in [0.2, 0.25) is 0 Å². The summed E-state index contributed by atoms with van der Waals surface area (Å²) < 4.78 is 9.30. The predicted octanol–water partition coefficient (Wildman–Crippen LogP) is 16.3. The maximum atomic E-state index is 6.93. The summed E-state index contributed by atoms with van der Waals surface area (Å²) in [6, 6.07) is 82.7. The molecule has 3 heteroatoms. The first-order valence-corrected chi connectivity index (χ1v) is 20.8. The van der Waals surface area contributed by atoms with Gasteiger partial charge >= 0.3 is 0 Å². The van der Waals surface area contributed by atoms with Gasteiger partial charge in [0.15, 0.2) is 0 Å². The molecule has 0 aliphatic carbocycles. The number of hydrogen-bond donors (Lipinski definition) is 0. The summed E-state index contributed by atoms with van der Waals surface area (Å²) in [5.41, 5.74) is 15.5. The molecule has 0 N–H and O–H groups in total. The highest BCUT2D eigenvalue weighted by Gasteiger charge is 2.23. The SMILES string of the molecule is c1ccc(-c2ccc(N(c3ccc(-c4ccccc4)cc3)c3cccc4oc5cc(-c6ccc7c(c6)c6ccccc6n7-c6ccccc6)c6ccccc6c5c34)cc2)cc1. The average molecular weight is 779 g/mol. The van der Waals surface area contributed by atoms with Crippen LogP contribution in [-0.4, -0.2) is 4.57 Å². The fourth-order valence-corrected chi connectivity index (χ4v) is 9.38. The van der Waals surface area contributed by atoms with Gasteiger partial charge in [-0.25, -0.2) is 0 Å². The molecular weight excluding hydrogens is 741 g/mol. The van der Waals surface area contributed by atoms with Gasteiger partial charge in [-0.05, 0) is 117 Å². The van der Waals surface area contributed by atoms with Gasteiger partial charge in [-0.15, -0.1) is 0 Å². The van der Waals surface area contributed by atoms with E-state index in [0.29, 0.717) is 0 Å². The van der Waals surface area contributed by atoms with Crippen LogP contribution >= 0.6 is 0 Å². The average Bonchev–Trinajstić information content (AvgIpc) is 3.89. The molecule has 0 amide bonds. The molecular formula is C58H38N2O. The van der Waals surface area contributed by atoms with Crippen molar-refractivity contribution in [1.29, 1.82) is 0 Å². The number of hydrogen-bond acceptors (Lipinski definition) is 2. The Kier molecular flexibility index (Phi) is 8.17. The van der Waals surface area contributed by atoms with Crippen molar-refractivity contribution in [2.75, 3.05) is 4.90 Å². The van der Waals surface area contributed by atoms with Crippen LogP contribution in [0.15, 0.2) is 235 Å². The van der Waals surface area contributed by atoms with E-state index in [1.54, 1.807) is 0 Å². The summed E-state index contributed by atoms with van der Waals surface area (Å²) in [5.74, 6) is 0. The lowest BCUT2D eigenvalue weighted by Crippen LogP contribution is -2.10. The Balaban J connectivity index is 1.06. The van der Waals surface area contributed by atoms with Crippen molar-refractivity contribution in [1.82, 2.24) is 4.57 Å². The first-order valence-electron chi connectivity index (χ1n) is 20.8. The van der Waals surface area contributed by atoms with Gasteiger partial charge in [0, 0.05) is 33.2 Å². The lowest BCUT2D eigenvalue weighted by atomic mass is 9.93. The molecule has 0 unspecified atom stereocenters. The Morgan fingerprint density at radius 3 is 1.51 bits per heavy atom. The number of benzene rings is 10. The lowest BCUT2D eigenvalue weighted by Gasteiger charge is -2.27. The Morgan fingerprint density at radius 2 is 0.852 bits per heavy atom. The van der Waals surface area contributed by atoms with Gasteiger partial charge in [0.25, 0.3) is 0 Å². The van der Waals surface area contributed by atoms with Gasteiger partial charge in [-0.3, -0.25) is 0 Å². The summed E-state index contributed by atoms with van der Waals surface area (Å²) in [4.78, 5) is 2.37. The van der Waals surface area contributed by atoms with Gasteiger partial charge in [0.05, 0.1) is 22.1 Å². The molecule has 0 aliphatic heterocycles. The second kappa shape index (κ2) is 14.3. The van der Waals surface area contributed by atoms with Crippen LogP contribution in [0, 0.1) is 0 Å². The number of furan rings is 1. The minimum Gasteiger partial charge on any atom is -0.456 e. The van der Waals surface area contributed by atoms with Crippen LogP contribution in [-0.2, 0) is 0 Å². The van der Waals surface area contributed by atoms with Crippen LogP contribution in [0.25, 0.3) is 93.6 Å². The molecule has 3 nitrogen and oxygen atoms in total. The zero-order valence-electron chi connectivity index (χ0n) is 33.2. The van der Waals surface area contributed by atoms with Crippen molar-refractivity contribution in [2.24, 2.45) is 0 Å². The van der Waals surface area contributed by atoms with Crippen molar-refractivity contribution < 1.29 is 4.42 Å². The second-order valence-electron chi connectivity index (χ2n) is 15.7. The third-order valence-corrected chi connectivity index (χ3v) is 12.2. The molecule has 0 radical (unpaired) electrons. The van der Waals surface area contributed by atoms with Crippen LogP contribution in [0.4, 0.5) is 17.1 Å². The third kappa shape index (κ3) is 5.82. The predicted molar refractivity (Wildman–Crippen MR) is 257 cm³/mol. The maximum Gasteiger partial charge on any atom is 0.137 e. The van der Waals surface area contributed by atoms with E-state index in [9.17, 15) is 0 Å². The van der Waals surface area contributed by atoms with Gasteiger partial charge in [-0.1, -0.05) is 158 Å². The Bertz CT molecular complexity index is 3470. The molecule has 0 saturated heterocycles.